The van der Waals surface area contributed by atoms with Gasteiger partial charge in [-0.3, -0.25) is 0 Å². The number of hydrogen-bond donors (Lipinski definition) is 0. The Morgan fingerprint density at radius 1 is 1.46 bits per heavy atom. The van der Waals surface area contributed by atoms with Gasteiger partial charge in [-0.1, -0.05) is 33.1 Å². The van der Waals surface area contributed by atoms with Gasteiger partial charge in [-0.25, -0.2) is 0 Å². The Hall–Kier alpha value is -0.0800. The van der Waals surface area contributed by atoms with Crippen LogP contribution in [-0.2, 0) is 9.47 Å². The fourth-order valence-electron chi connectivity index (χ4n) is 1.49. The van der Waals surface area contributed by atoms with E-state index in [1.54, 1.807) is 0 Å². The molecule has 2 nitrogen and oxygen atoms in total. The summed E-state index contributed by atoms with van der Waals surface area (Å²) in [5, 5.41) is 0. The monoisotopic (exact) mass is 186 g/mol. The van der Waals surface area contributed by atoms with E-state index in [2.05, 4.69) is 13.8 Å². The minimum atomic E-state index is 0.121. The first-order valence-corrected chi connectivity index (χ1v) is 5.60. The molecule has 1 heterocycles. The molecule has 2 unspecified atom stereocenters. The number of ether oxygens (including phenoxy) is 2. The van der Waals surface area contributed by atoms with Gasteiger partial charge in [-0.15, -0.1) is 0 Å². The normalized spacial score (nSPS) is 24.0. The van der Waals surface area contributed by atoms with Crippen molar-refractivity contribution in [3.05, 3.63) is 0 Å². The van der Waals surface area contributed by atoms with Gasteiger partial charge in [0.05, 0.1) is 13.2 Å². The van der Waals surface area contributed by atoms with E-state index in [9.17, 15) is 0 Å². The molecule has 0 N–H and O–H groups in total. The van der Waals surface area contributed by atoms with Gasteiger partial charge >= 0.3 is 0 Å². The molecule has 2 heteroatoms. The predicted octanol–water partition coefficient (Wildman–Crippen LogP) is 2.97. The topological polar surface area (TPSA) is 18.5 Å². The largest absolute Gasteiger partial charge is 0.352 e. The molecule has 0 radical (unpaired) electrons. The van der Waals surface area contributed by atoms with Crippen LogP contribution in [0.15, 0.2) is 0 Å². The van der Waals surface area contributed by atoms with Crippen molar-refractivity contribution in [3.63, 3.8) is 0 Å². The van der Waals surface area contributed by atoms with E-state index < -0.39 is 0 Å². The Labute approximate surface area is 81.6 Å². The molecule has 0 aromatic carbocycles. The van der Waals surface area contributed by atoms with Gasteiger partial charge in [-0.05, 0) is 12.3 Å². The lowest BCUT2D eigenvalue weighted by Gasteiger charge is -2.28. The highest BCUT2D eigenvalue weighted by molar-refractivity contribution is 4.59. The van der Waals surface area contributed by atoms with Crippen LogP contribution in [0.25, 0.3) is 0 Å². The smallest absolute Gasteiger partial charge is 0.159 e. The quantitative estimate of drug-likeness (QED) is 0.608. The molecule has 1 aliphatic heterocycles. The van der Waals surface area contributed by atoms with E-state index in [1.165, 1.54) is 25.7 Å². The molecule has 0 aliphatic carbocycles. The lowest BCUT2D eigenvalue weighted by atomic mass is 10.0. The second kappa shape index (κ2) is 6.39. The maximum absolute atomic E-state index is 5.61. The molecule has 1 rings (SSSR count). The third-order valence-corrected chi connectivity index (χ3v) is 2.72. The van der Waals surface area contributed by atoms with Crippen molar-refractivity contribution in [2.24, 2.45) is 5.92 Å². The molecule has 0 aromatic heterocycles. The first-order valence-electron chi connectivity index (χ1n) is 5.60. The van der Waals surface area contributed by atoms with Crippen LogP contribution in [0.4, 0.5) is 0 Å². The van der Waals surface area contributed by atoms with Crippen molar-refractivity contribution >= 4 is 0 Å². The zero-order valence-electron chi connectivity index (χ0n) is 8.92. The minimum absolute atomic E-state index is 0.121. The Kier molecular flexibility index (Phi) is 5.40. The highest BCUT2D eigenvalue weighted by Crippen LogP contribution is 2.17. The molecule has 13 heavy (non-hydrogen) atoms. The van der Waals surface area contributed by atoms with Gasteiger partial charge in [-0.2, -0.15) is 0 Å². The predicted molar refractivity (Wildman–Crippen MR) is 53.6 cm³/mol. The summed E-state index contributed by atoms with van der Waals surface area (Å²) in [6.45, 7) is 6.26. The molecule has 1 aliphatic rings. The first-order chi connectivity index (χ1) is 6.36. The number of hydrogen-bond acceptors (Lipinski definition) is 2. The van der Waals surface area contributed by atoms with Crippen molar-refractivity contribution in [3.8, 4) is 0 Å². The molecule has 1 saturated heterocycles. The van der Waals surface area contributed by atoms with Crippen molar-refractivity contribution < 1.29 is 9.47 Å². The molecule has 0 amide bonds. The van der Waals surface area contributed by atoms with Gasteiger partial charge in [0.1, 0.15) is 0 Å². The summed E-state index contributed by atoms with van der Waals surface area (Å²) >= 11 is 0. The summed E-state index contributed by atoms with van der Waals surface area (Å²) in [5.74, 6) is 0.740. The SMILES string of the molecule is CCCCC(CC)COC1CCO1. The van der Waals surface area contributed by atoms with Crippen molar-refractivity contribution in [1.29, 1.82) is 0 Å². The maximum atomic E-state index is 5.61. The Morgan fingerprint density at radius 2 is 2.23 bits per heavy atom. The average molecular weight is 186 g/mol. The minimum Gasteiger partial charge on any atom is -0.352 e. The Bertz CT molecular complexity index is 121. The average Bonchev–Trinajstić information content (AvgIpc) is 2.08. The van der Waals surface area contributed by atoms with E-state index in [0.717, 1.165) is 25.6 Å². The summed E-state index contributed by atoms with van der Waals surface area (Å²) in [4.78, 5) is 0. The van der Waals surface area contributed by atoms with E-state index in [0.29, 0.717) is 0 Å². The summed E-state index contributed by atoms with van der Waals surface area (Å²) in [7, 11) is 0. The maximum Gasteiger partial charge on any atom is 0.159 e. The van der Waals surface area contributed by atoms with E-state index in [-0.39, 0.29) is 6.29 Å². The zero-order valence-corrected chi connectivity index (χ0v) is 8.92. The van der Waals surface area contributed by atoms with Gasteiger partial charge in [0.2, 0.25) is 0 Å². The molecular weight excluding hydrogens is 164 g/mol. The molecule has 78 valence electrons. The highest BCUT2D eigenvalue weighted by Gasteiger charge is 2.19. The van der Waals surface area contributed by atoms with Crippen molar-refractivity contribution in [1.82, 2.24) is 0 Å². The molecule has 0 aromatic rings. The van der Waals surface area contributed by atoms with Gasteiger partial charge in [0.15, 0.2) is 6.29 Å². The first kappa shape index (κ1) is 11.0. The van der Waals surface area contributed by atoms with Crippen LogP contribution in [0, 0.1) is 5.92 Å². The summed E-state index contributed by atoms with van der Waals surface area (Å²) < 4.78 is 10.8. The van der Waals surface area contributed by atoms with Crippen LogP contribution in [0.1, 0.15) is 46.0 Å². The summed E-state index contributed by atoms with van der Waals surface area (Å²) in [6.07, 6.45) is 6.36. The molecule has 2 atom stereocenters. The highest BCUT2D eigenvalue weighted by atomic mass is 16.7. The van der Waals surface area contributed by atoms with Gasteiger partial charge in [0, 0.05) is 6.42 Å². The van der Waals surface area contributed by atoms with Crippen LogP contribution in [0.5, 0.6) is 0 Å². The standard InChI is InChI=1S/C11H22O2/c1-3-5-6-10(4-2)9-13-11-7-8-12-11/h10-11H,3-9H2,1-2H3. The summed E-state index contributed by atoms with van der Waals surface area (Å²) in [6, 6.07) is 0. The molecule has 0 saturated carbocycles. The van der Waals surface area contributed by atoms with Gasteiger partial charge in [0.25, 0.3) is 0 Å². The van der Waals surface area contributed by atoms with Crippen LogP contribution >= 0.6 is 0 Å². The second-order valence-electron chi connectivity index (χ2n) is 3.84. The molecule has 0 bridgehead atoms. The fourth-order valence-corrected chi connectivity index (χ4v) is 1.49. The van der Waals surface area contributed by atoms with E-state index >= 15 is 0 Å². The lowest BCUT2D eigenvalue weighted by Crippen LogP contribution is -2.31. The lowest BCUT2D eigenvalue weighted by molar-refractivity contribution is -0.220. The zero-order chi connectivity index (χ0) is 9.52. The molecule has 0 spiro atoms. The molecule has 1 fully saturated rings. The fraction of sp³-hybridized carbons (Fsp3) is 1.00. The van der Waals surface area contributed by atoms with Crippen LogP contribution in [0.2, 0.25) is 0 Å². The third-order valence-electron chi connectivity index (χ3n) is 2.72. The summed E-state index contributed by atoms with van der Waals surface area (Å²) in [5.41, 5.74) is 0. The van der Waals surface area contributed by atoms with Crippen LogP contribution in [0.3, 0.4) is 0 Å². The molecular formula is C11H22O2. The third kappa shape index (κ3) is 4.10. The number of unbranched alkanes of at least 4 members (excludes halogenated alkanes) is 1. The number of rotatable bonds is 7. The van der Waals surface area contributed by atoms with Crippen molar-refractivity contribution in [2.75, 3.05) is 13.2 Å². The van der Waals surface area contributed by atoms with Crippen LogP contribution in [-0.4, -0.2) is 19.5 Å². The second-order valence-corrected chi connectivity index (χ2v) is 3.84. The van der Waals surface area contributed by atoms with Crippen molar-refractivity contribution in [2.45, 2.75) is 52.2 Å². The van der Waals surface area contributed by atoms with Gasteiger partial charge < -0.3 is 9.47 Å². The van der Waals surface area contributed by atoms with Crippen LogP contribution < -0.4 is 0 Å². The van der Waals surface area contributed by atoms with E-state index in [1.807, 2.05) is 0 Å². The Balaban J connectivity index is 2.00. The van der Waals surface area contributed by atoms with E-state index in [4.69, 9.17) is 9.47 Å². The Morgan fingerprint density at radius 3 is 2.69 bits per heavy atom.